The van der Waals surface area contributed by atoms with Gasteiger partial charge in [-0.2, -0.15) is 5.10 Å². The second-order valence-corrected chi connectivity index (χ2v) is 5.40. The van der Waals surface area contributed by atoms with Crippen molar-refractivity contribution in [3.63, 3.8) is 0 Å². The van der Waals surface area contributed by atoms with E-state index >= 15 is 0 Å². The van der Waals surface area contributed by atoms with Gasteiger partial charge in [-0.05, 0) is 19.4 Å². The van der Waals surface area contributed by atoms with Crippen molar-refractivity contribution in [1.29, 1.82) is 0 Å². The zero-order valence-electron chi connectivity index (χ0n) is 11.5. The van der Waals surface area contributed by atoms with Crippen LogP contribution < -0.4 is 0 Å². The normalized spacial score (nSPS) is 20.8. The second-order valence-electron chi connectivity index (χ2n) is 5.40. The first-order chi connectivity index (χ1) is 8.54. The first kappa shape index (κ1) is 13.1. The Morgan fingerprint density at radius 1 is 1.50 bits per heavy atom. The molecule has 0 spiro atoms. The molecule has 1 fully saturated rings. The largest absolute Gasteiger partial charge is 0.345 e. The number of aryl methyl sites for hydroxylation is 1. The van der Waals surface area contributed by atoms with Gasteiger partial charge in [0.15, 0.2) is 0 Å². The Labute approximate surface area is 108 Å². The van der Waals surface area contributed by atoms with Crippen molar-refractivity contribution in [2.45, 2.75) is 19.4 Å². The number of hydrogen-bond donors (Lipinski definition) is 0. The van der Waals surface area contributed by atoms with Crippen molar-refractivity contribution >= 4 is 5.91 Å². The van der Waals surface area contributed by atoms with E-state index in [4.69, 9.17) is 0 Å². The maximum atomic E-state index is 11.4. The predicted octanol–water partition coefficient (Wildman–Crippen LogP) is 0.720. The SMILES string of the molecule is CN(Cc1cnn(C)c1)CC1CCC(=O)N(C)C1. The molecule has 0 bridgehead atoms. The smallest absolute Gasteiger partial charge is 0.222 e. The number of amides is 1. The fraction of sp³-hybridized carbons (Fsp3) is 0.692. The highest BCUT2D eigenvalue weighted by molar-refractivity contribution is 5.76. The molecule has 2 rings (SSSR count). The van der Waals surface area contributed by atoms with Crippen LogP contribution in [0, 0.1) is 5.92 Å². The third-order valence-electron chi connectivity index (χ3n) is 3.50. The first-order valence-electron chi connectivity index (χ1n) is 6.44. The lowest BCUT2D eigenvalue weighted by molar-refractivity contribution is -0.133. The molecule has 1 atom stereocenters. The Kier molecular flexibility index (Phi) is 4.01. The predicted molar refractivity (Wildman–Crippen MR) is 69.9 cm³/mol. The molecule has 0 aromatic carbocycles. The number of hydrogen-bond acceptors (Lipinski definition) is 3. The average molecular weight is 250 g/mol. The first-order valence-corrected chi connectivity index (χ1v) is 6.44. The van der Waals surface area contributed by atoms with E-state index in [2.05, 4.69) is 17.0 Å². The molecule has 1 amide bonds. The van der Waals surface area contributed by atoms with E-state index in [0.717, 1.165) is 26.1 Å². The van der Waals surface area contributed by atoms with Gasteiger partial charge < -0.3 is 9.80 Å². The summed E-state index contributed by atoms with van der Waals surface area (Å²) in [6.45, 7) is 2.84. The lowest BCUT2D eigenvalue weighted by atomic mass is 9.97. The zero-order valence-corrected chi connectivity index (χ0v) is 11.5. The summed E-state index contributed by atoms with van der Waals surface area (Å²) in [6.07, 6.45) is 5.67. The van der Waals surface area contributed by atoms with E-state index in [1.807, 2.05) is 36.1 Å². The summed E-state index contributed by atoms with van der Waals surface area (Å²) >= 11 is 0. The molecular formula is C13H22N4O. The van der Waals surface area contributed by atoms with Gasteiger partial charge in [0.25, 0.3) is 0 Å². The highest BCUT2D eigenvalue weighted by Crippen LogP contribution is 2.17. The molecular weight excluding hydrogens is 228 g/mol. The lowest BCUT2D eigenvalue weighted by Crippen LogP contribution is -2.41. The van der Waals surface area contributed by atoms with E-state index < -0.39 is 0 Å². The molecule has 1 aromatic heterocycles. The average Bonchev–Trinajstić information content (AvgIpc) is 2.69. The molecule has 1 saturated heterocycles. The number of carbonyl (C=O) groups excluding carboxylic acids is 1. The highest BCUT2D eigenvalue weighted by Gasteiger charge is 2.23. The summed E-state index contributed by atoms with van der Waals surface area (Å²) in [5.74, 6) is 0.871. The molecule has 1 aromatic rings. The minimum absolute atomic E-state index is 0.279. The van der Waals surface area contributed by atoms with Gasteiger partial charge in [0, 0.05) is 51.9 Å². The molecule has 1 aliphatic heterocycles. The summed E-state index contributed by atoms with van der Waals surface area (Å²) in [5.41, 5.74) is 1.24. The number of carbonyl (C=O) groups is 1. The van der Waals surface area contributed by atoms with Crippen molar-refractivity contribution < 1.29 is 4.79 Å². The maximum absolute atomic E-state index is 11.4. The van der Waals surface area contributed by atoms with Crippen LogP contribution in [0.5, 0.6) is 0 Å². The minimum Gasteiger partial charge on any atom is -0.345 e. The monoisotopic (exact) mass is 250 g/mol. The number of likely N-dealkylation sites (tertiary alicyclic amines) is 1. The summed E-state index contributed by atoms with van der Waals surface area (Å²) in [6, 6.07) is 0. The number of aromatic nitrogens is 2. The van der Waals surface area contributed by atoms with E-state index in [1.54, 1.807) is 0 Å². The molecule has 0 N–H and O–H groups in total. The van der Waals surface area contributed by atoms with Gasteiger partial charge in [-0.1, -0.05) is 0 Å². The van der Waals surface area contributed by atoms with Crippen LogP contribution in [0.1, 0.15) is 18.4 Å². The third kappa shape index (κ3) is 3.32. The highest BCUT2D eigenvalue weighted by atomic mass is 16.2. The van der Waals surface area contributed by atoms with Gasteiger partial charge in [0.05, 0.1) is 6.20 Å². The molecule has 0 aliphatic carbocycles. The molecule has 5 nitrogen and oxygen atoms in total. The lowest BCUT2D eigenvalue weighted by Gasteiger charge is -2.32. The Hall–Kier alpha value is -1.36. The van der Waals surface area contributed by atoms with Crippen LogP contribution >= 0.6 is 0 Å². The summed E-state index contributed by atoms with van der Waals surface area (Å²) < 4.78 is 1.83. The molecule has 5 heteroatoms. The van der Waals surface area contributed by atoms with Gasteiger partial charge in [0.2, 0.25) is 5.91 Å². The van der Waals surface area contributed by atoms with Gasteiger partial charge in [-0.25, -0.2) is 0 Å². The van der Waals surface area contributed by atoms with E-state index in [1.165, 1.54) is 5.56 Å². The fourth-order valence-corrected chi connectivity index (χ4v) is 2.62. The van der Waals surface area contributed by atoms with Crippen LogP contribution in [0.2, 0.25) is 0 Å². The fourth-order valence-electron chi connectivity index (χ4n) is 2.62. The van der Waals surface area contributed by atoms with Crippen molar-refractivity contribution in [2.24, 2.45) is 13.0 Å². The van der Waals surface area contributed by atoms with Crippen LogP contribution in [-0.2, 0) is 18.4 Å². The van der Waals surface area contributed by atoms with Gasteiger partial charge in [-0.3, -0.25) is 9.48 Å². The van der Waals surface area contributed by atoms with Gasteiger partial charge in [0.1, 0.15) is 0 Å². The van der Waals surface area contributed by atoms with E-state index in [-0.39, 0.29) is 5.91 Å². The second kappa shape index (κ2) is 5.52. The van der Waals surface area contributed by atoms with E-state index in [9.17, 15) is 4.79 Å². The van der Waals surface area contributed by atoms with Crippen molar-refractivity contribution in [2.75, 3.05) is 27.2 Å². The Balaban J connectivity index is 1.80. The summed E-state index contributed by atoms with van der Waals surface area (Å²) in [5, 5.41) is 4.18. The number of rotatable bonds is 4. The molecule has 1 aliphatic rings. The summed E-state index contributed by atoms with van der Waals surface area (Å²) in [4.78, 5) is 15.6. The van der Waals surface area contributed by atoms with Crippen LogP contribution in [0.15, 0.2) is 12.4 Å². The molecule has 100 valence electrons. The van der Waals surface area contributed by atoms with Crippen LogP contribution in [0.3, 0.4) is 0 Å². The topological polar surface area (TPSA) is 41.4 Å². The molecule has 2 heterocycles. The van der Waals surface area contributed by atoms with Crippen molar-refractivity contribution in [1.82, 2.24) is 19.6 Å². The van der Waals surface area contributed by atoms with E-state index in [0.29, 0.717) is 12.3 Å². The van der Waals surface area contributed by atoms with Crippen LogP contribution in [0.4, 0.5) is 0 Å². The van der Waals surface area contributed by atoms with Gasteiger partial charge in [-0.15, -0.1) is 0 Å². The third-order valence-corrected chi connectivity index (χ3v) is 3.50. The summed E-state index contributed by atoms with van der Waals surface area (Å²) in [7, 11) is 5.96. The molecule has 1 unspecified atom stereocenters. The van der Waals surface area contributed by atoms with Crippen molar-refractivity contribution in [3.8, 4) is 0 Å². The van der Waals surface area contributed by atoms with Gasteiger partial charge >= 0.3 is 0 Å². The van der Waals surface area contributed by atoms with Crippen molar-refractivity contribution in [3.05, 3.63) is 18.0 Å². The standard InChI is InChI=1S/C13H22N4O/c1-15(8-12-6-14-17(3)10-12)7-11-4-5-13(18)16(2)9-11/h6,10-11H,4-5,7-9H2,1-3H3. The zero-order chi connectivity index (χ0) is 13.1. The Morgan fingerprint density at radius 3 is 2.89 bits per heavy atom. The Bertz CT molecular complexity index is 415. The minimum atomic E-state index is 0.279. The number of nitrogens with zero attached hydrogens (tertiary/aromatic N) is 4. The molecule has 18 heavy (non-hydrogen) atoms. The molecule has 0 radical (unpaired) electrons. The van der Waals surface area contributed by atoms with Crippen LogP contribution in [-0.4, -0.2) is 52.7 Å². The Morgan fingerprint density at radius 2 is 2.28 bits per heavy atom. The maximum Gasteiger partial charge on any atom is 0.222 e. The van der Waals surface area contributed by atoms with Crippen LogP contribution in [0.25, 0.3) is 0 Å². The number of piperidine rings is 1. The molecule has 0 saturated carbocycles. The quantitative estimate of drug-likeness (QED) is 0.790.